The molecule has 0 spiro atoms. The van der Waals surface area contributed by atoms with E-state index in [1.54, 1.807) is 13.1 Å². The molecular formula is C14H21N3O2. The second-order valence-electron chi connectivity index (χ2n) is 3.85. The highest BCUT2D eigenvalue weighted by Gasteiger charge is 2.00. The minimum Gasteiger partial charge on any atom is -0.449 e. The van der Waals surface area contributed by atoms with E-state index in [1.807, 2.05) is 24.3 Å². The number of carbonyl (C=O) groups is 1. The third-order valence-corrected chi connectivity index (χ3v) is 2.67. The molecule has 0 aromatic heterocycles. The van der Waals surface area contributed by atoms with Crippen LogP contribution in [0.4, 0.5) is 10.5 Å². The van der Waals surface area contributed by atoms with Gasteiger partial charge in [0.2, 0.25) is 0 Å². The van der Waals surface area contributed by atoms with Crippen LogP contribution in [-0.4, -0.2) is 32.0 Å². The zero-order valence-corrected chi connectivity index (χ0v) is 11.7. The molecule has 0 heterocycles. The van der Waals surface area contributed by atoms with Crippen LogP contribution in [0.3, 0.4) is 0 Å². The minimum atomic E-state index is -0.543. The first-order chi connectivity index (χ1) is 9.21. The number of carbonyl (C=O) groups excluding carboxylic acids is 1. The number of rotatable bonds is 6. The summed E-state index contributed by atoms with van der Waals surface area (Å²) in [5, 5.41) is 3.81. The van der Waals surface area contributed by atoms with E-state index in [-0.39, 0.29) is 0 Å². The molecule has 0 aliphatic heterocycles. The van der Waals surface area contributed by atoms with Crippen molar-refractivity contribution in [3.63, 3.8) is 0 Å². The monoisotopic (exact) mass is 263 g/mol. The molecule has 0 bridgehead atoms. The minimum absolute atomic E-state index is 0.333. The summed E-state index contributed by atoms with van der Waals surface area (Å²) < 4.78 is 4.69. The van der Waals surface area contributed by atoms with Crippen molar-refractivity contribution in [1.82, 2.24) is 5.43 Å². The van der Waals surface area contributed by atoms with E-state index in [0.717, 1.165) is 18.7 Å². The van der Waals surface area contributed by atoms with E-state index in [0.29, 0.717) is 6.61 Å². The highest BCUT2D eigenvalue weighted by Crippen LogP contribution is 2.13. The van der Waals surface area contributed by atoms with Gasteiger partial charge in [-0.15, -0.1) is 0 Å². The Morgan fingerprint density at radius 1 is 1.26 bits per heavy atom. The fourth-order valence-corrected chi connectivity index (χ4v) is 1.68. The van der Waals surface area contributed by atoms with Gasteiger partial charge in [-0.05, 0) is 38.5 Å². The van der Waals surface area contributed by atoms with Gasteiger partial charge in [0.05, 0.1) is 12.8 Å². The van der Waals surface area contributed by atoms with Crippen molar-refractivity contribution >= 4 is 18.0 Å². The average molecular weight is 263 g/mol. The fraction of sp³-hybridized carbons (Fsp3) is 0.429. The zero-order chi connectivity index (χ0) is 14.1. The maximum absolute atomic E-state index is 11.0. The molecule has 0 aliphatic rings. The third-order valence-electron chi connectivity index (χ3n) is 2.67. The van der Waals surface area contributed by atoms with Crippen molar-refractivity contribution in [3.05, 3.63) is 29.8 Å². The number of anilines is 1. The Balaban J connectivity index is 2.57. The number of hydrogen-bond acceptors (Lipinski definition) is 4. The molecule has 1 aromatic rings. The number of nitrogens with zero attached hydrogens (tertiary/aromatic N) is 2. The van der Waals surface area contributed by atoms with Crippen molar-refractivity contribution in [1.29, 1.82) is 0 Å². The Labute approximate surface area is 114 Å². The molecule has 1 rings (SSSR count). The lowest BCUT2D eigenvalue weighted by atomic mass is 10.2. The topological polar surface area (TPSA) is 53.9 Å². The molecular weight excluding hydrogens is 242 g/mol. The van der Waals surface area contributed by atoms with Crippen LogP contribution in [0.25, 0.3) is 0 Å². The summed E-state index contributed by atoms with van der Waals surface area (Å²) in [5.74, 6) is 0. The molecule has 19 heavy (non-hydrogen) atoms. The van der Waals surface area contributed by atoms with Crippen molar-refractivity contribution in [2.75, 3.05) is 24.6 Å². The van der Waals surface area contributed by atoms with Crippen molar-refractivity contribution in [2.45, 2.75) is 20.8 Å². The first kappa shape index (κ1) is 15.0. The lowest BCUT2D eigenvalue weighted by molar-refractivity contribution is 0.152. The normalized spacial score (nSPS) is 10.5. The summed E-state index contributed by atoms with van der Waals surface area (Å²) in [4.78, 5) is 13.3. The Kier molecular flexibility index (Phi) is 6.43. The molecule has 5 heteroatoms. The van der Waals surface area contributed by atoms with Crippen LogP contribution in [0.5, 0.6) is 0 Å². The molecule has 0 fully saturated rings. The van der Waals surface area contributed by atoms with E-state index in [4.69, 9.17) is 0 Å². The van der Waals surface area contributed by atoms with Crippen LogP contribution in [0, 0.1) is 0 Å². The summed E-state index contributed by atoms with van der Waals surface area (Å²) in [6.07, 6.45) is 1.04. The number of hydrazone groups is 1. The number of benzene rings is 1. The summed E-state index contributed by atoms with van der Waals surface area (Å²) in [6, 6.07) is 8.01. The molecule has 1 N–H and O–H groups in total. The Morgan fingerprint density at radius 2 is 1.89 bits per heavy atom. The molecule has 1 aromatic carbocycles. The highest BCUT2D eigenvalue weighted by atomic mass is 16.5. The van der Waals surface area contributed by atoms with Gasteiger partial charge in [0.1, 0.15) is 0 Å². The number of hydrogen-bond donors (Lipinski definition) is 1. The van der Waals surface area contributed by atoms with Gasteiger partial charge in [-0.3, -0.25) is 0 Å². The summed E-state index contributed by atoms with van der Waals surface area (Å²) in [7, 11) is 0. The van der Waals surface area contributed by atoms with Crippen LogP contribution in [-0.2, 0) is 4.74 Å². The maximum atomic E-state index is 11.0. The van der Waals surface area contributed by atoms with Crippen LogP contribution in [0.1, 0.15) is 26.3 Å². The van der Waals surface area contributed by atoms with Crippen LogP contribution < -0.4 is 10.3 Å². The number of ether oxygens (including phenoxy) is 1. The average Bonchev–Trinajstić information content (AvgIpc) is 2.42. The molecule has 0 saturated carbocycles. The molecule has 5 nitrogen and oxygen atoms in total. The fourth-order valence-electron chi connectivity index (χ4n) is 1.68. The van der Waals surface area contributed by atoms with Gasteiger partial charge >= 0.3 is 6.09 Å². The van der Waals surface area contributed by atoms with E-state index < -0.39 is 6.09 Å². The van der Waals surface area contributed by atoms with Crippen molar-refractivity contribution in [3.8, 4) is 0 Å². The van der Waals surface area contributed by atoms with E-state index in [9.17, 15) is 4.79 Å². The van der Waals surface area contributed by atoms with Gasteiger partial charge in [0.15, 0.2) is 0 Å². The first-order valence-electron chi connectivity index (χ1n) is 6.52. The Morgan fingerprint density at radius 3 is 2.42 bits per heavy atom. The smallest absolute Gasteiger partial charge is 0.427 e. The molecule has 0 radical (unpaired) electrons. The van der Waals surface area contributed by atoms with Gasteiger partial charge in [0.25, 0.3) is 0 Å². The second-order valence-corrected chi connectivity index (χ2v) is 3.85. The van der Waals surface area contributed by atoms with Gasteiger partial charge in [0, 0.05) is 18.8 Å². The summed E-state index contributed by atoms with van der Waals surface area (Å²) >= 11 is 0. The molecule has 1 amide bonds. The Hall–Kier alpha value is -2.04. The van der Waals surface area contributed by atoms with Crippen LogP contribution in [0.15, 0.2) is 29.4 Å². The SMILES string of the molecule is CCOC(=O)N/N=C/c1ccc(N(CC)CC)cc1. The zero-order valence-electron chi connectivity index (χ0n) is 11.7. The predicted octanol–water partition coefficient (Wildman–Crippen LogP) is 2.61. The number of nitrogens with one attached hydrogen (secondary N) is 1. The Bertz CT molecular complexity index is 411. The number of amides is 1. The van der Waals surface area contributed by atoms with Gasteiger partial charge in [-0.1, -0.05) is 12.1 Å². The standard InChI is InChI=1S/C14H21N3O2/c1-4-17(5-2)13-9-7-12(8-10-13)11-15-16-14(18)19-6-3/h7-11H,4-6H2,1-3H3,(H,16,18)/b15-11+. The molecule has 104 valence electrons. The van der Waals surface area contributed by atoms with Crippen LogP contribution in [0.2, 0.25) is 0 Å². The first-order valence-corrected chi connectivity index (χ1v) is 6.52. The lowest BCUT2D eigenvalue weighted by Crippen LogP contribution is -2.21. The quantitative estimate of drug-likeness (QED) is 0.634. The summed E-state index contributed by atoms with van der Waals surface area (Å²) in [6.45, 7) is 8.29. The predicted molar refractivity (Wildman–Crippen MR) is 77.8 cm³/mol. The largest absolute Gasteiger partial charge is 0.449 e. The van der Waals surface area contributed by atoms with Gasteiger partial charge in [-0.2, -0.15) is 5.10 Å². The highest BCUT2D eigenvalue weighted by molar-refractivity contribution is 5.81. The second kappa shape index (κ2) is 8.13. The molecule has 0 saturated heterocycles. The summed E-state index contributed by atoms with van der Waals surface area (Å²) in [5.41, 5.74) is 4.39. The third kappa shape index (κ3) is 4.99. The van der Waals surface area contributed by atoms with E-state index in [2.05, 4.69) is 34.0 Å². The van der Waals surface area contributed by atoms with E-state index >= 15 is 0 Å². The van der Waals surface area contributed by atoms with Crippen molar-refractivity contribution < 1.29 is 9.53 Å². The van der Waals surface area contributed by atoms with Crippen LogP contribution >= 0.6 is 0 Å². The lowest BCUT2D eigenvalue weighted by Gasteiger charge is -2.20. The van der Waals surface area contributed by atoms with Gasteiger partial charge in [-0.25, -0.2) is 10.2 Å². The van der Waals surface area contributed by atoms with E-state index in [1.165, 1.54) is 5.69 Å². The van der Waals surface area contributed by atoms with Crippen molar-refractivity contribution in [2.24, 2.45) is 5.10 Å². The molecule has 0 atom stereocenters. The maximum Gasteiger partial charge on any atom is 0.427 e. The molecule has 0 aliphatic carbocycles. The van der Waals surface area contributed by atoms with Gasteiger partial charge < -0.3 is 9.64 Å². The molecule has 0 unspecified atom stereocenters.